The first-order chi connectivity index (χ1) is 11.9. The minimum absolute atomic E-state index is 0.217. The van der Waals surface area contributed by atoms with Crippen molar-refractivity contribution in [2.24, 2.45) is 5.73 Å². The molecule has 0 aliphatic carbocycles. The lowest BCUT2D eigenvalue weighted by Gasteiger charge is -2.09. The molecule has 3 N–H and O–H groups in total. The van der Waals surface area contributed by atoms with Gasteiger partial charge >= 0.3 is 0 Å². The van der Waals surface area contributed by atoms with E-state index in [1.54, 1.807) is 49.4 Å². The molecule has 2 amide bonds. The summed E-state index contributed by atoms with van der Waals surface area (Å²) < 4.78 is 0. The number of pyridine rings is 1. The summed E-state index contributed by atoms with van der Waals surface area (Å²) in [7, 11) is 0. The van der Waals surface area contributed by atoms with Gasteiger partial charge in [0.1, 0.15) is 0 Å². The summed E-state index contributed by atoms with van der Waals surface area (Å²) in [5, 5.41) is 4.27. The smallest absolute Gasteiger partial charge is 0.253 e. The molecule has 0 saturated heterocycles. The van der Waals surface area contributed by atoms with Gasteiger partial charge in [-0.3, -0.25) is 14.6 Å². The van der Waals surface area contributed by atoms with Gasteiger partial charge in [0.05, 0.1) is 16.8 Å². The lowest BCUT2D eigenvalue weighted by atomic mass is 10.1. The van der Waals surface area contributed by atoms with E-state index in [1.165, 1.54) is 0 Å². The third kappa shape index (κ3) is 3.78. The molecule has 0 bridgehead atoms. The number of nitrogens with zero attached hydrogens (tertiary/aromatic N) is 1. The first-order valence-corrected chi connectivity index (χ1v) is 8.05. The monoisotopic (exact) mass is 353 g/mol. The Balaban J connectivity index is 1.77. The Labute approximate surface area is 149 Å². The van der Waals surface area contributed by atoms with Crippen molar-refractivity contribution in [3.63, 3.8) is 0 Å². The van der Waals surface area contributed by atoms with E-state index in [2.05, 4.69) is 10.3 Å². The summed E-state index contributed by atoms with van der Waals surface area (Å²) in [5.41, 5.74) is 8.45. The van der Waals surface area contributed by atoms with Gasteiger partial charge in [-0.1, -0.05) is 23.7 Å². The predicted molar refractivity (Wildman–Crippen MR) is 97.6 cm³/mol. The summed E-state index contributed by atoms with van der Waals surface area (Å²) in [4.78, 5) is 28.0. The Kier molecular flexibility index (Phi) is 4.67. The number of fused-ring (bicyclic) bond motifs is 1. The maximum atomic E-state index is 12.5. The number of hydrogen-bond donors (Lipinski definition) is 2. The zero-order chi connectivity index (χ0) is 18.0. The maximum absolute atomic E-state index is 12.5. The van der Waals surface area contributed by atoms with Crippen molar-refractivity contribution in [3.8, 4) is 0 Å². The van der Waals surface area contributed by atoms with Crippen LogP contribution in [0.25, 0.3) is 10.9 Å². The first-order valence-electron chi connectivity index (χ1n) is 7.68. The Morgan fingerprint density at radius 2 is 1.84 bits per heavy atom. The molecule has 0 aliphatic heterocycles. The Morgan fingerprint density at radius 3 is 2.52 bits per heavy atom. The average molecular weight is 354 g/mol. The van der Waals surface area contributed by atoms with E-state index in [-0.39, 0.29) is 5.91 Å². The molecule has 1 aromatic heterocycles. The fraction of sp³-hybridized carbons (Fsp3) is 0.105. The number of primary amides is 1. The maximum Gasteiger partial charge on any atom is 0.253 e. The third-order valence-corrected chi connectivity index (χ3v) is 4.14. The zero-order valence-corrected chi connectivity index (χ0v) is 14.3. The average Bonchev–Trinajstić information content (AvgIpc) is 2.59. The van der Waals surface area contributed by atoms with Crippen LogP contribution in [0.1, 0.15) is 32.0 Å². The van der Waals surface area contributed by atoms with Crippen molar-refractivity contribution in [2.45, 2.75) is 13.5 Å². The molecule has 0 aliphatic rings. The van der Waals surface area contributed by atoms with Crippen LogP contribution in [-0.4, -0.2) is 16.8 Å². The molecule has 5 nitrogen and oxygen atoms in total. The number of hydrogen-bond acceptors (Lipinski definition) is 3. The predicted octanol–water partition coefficient (Wildman–Crippen LogP) is 3.23. The summed E-state index contributed by atoms with van der Waals surface area (Å²) in [6.45, 7) is 2.13. The van der Waals surface area contributed by atoms with E-state index in [9.17, 15) is 9.59 Å². The summed E-state index contributed by atoms with van der Waals surface area (Å²) in [6.07, 6.45) is 0. The third-order valence-electron chi connectivity index (χ3n) is 3.90. The van der Waals surface area contributed by atoms with Crippen LogP contribution < -0.4 is 11.1 Å². The van der Waals surface area contributed by atoms with Crippen LogP contribution in [0.5, 0.6) is 0 Å². The molecular formula is C19H16ClN3O2. The van der Waals surface area contributed by atoms with Gasteiger partial charge in [0, 0.05) is 22.5 Å². The van der Waals surface area contributed by atoms with Crippen molar-refractivity contribution in [3.05, 3.63) is 75.9 Å². The van der Waals surface area contributed by atoms with E-state index in [0.717, 1.165) is 16.5 Å². The summed E-state index contributed by atoms with van der Waals surface area (Å²) >= 11 is 6.01. The molecule has 0 atom stereocenters. The highest BCUT2D eigenvalue weighted by Crippen LogP contribution is 2.20. The van der Waals surface area contributed by atoms with Crippen molar-refractivity contribution in [2.75, 3.05) is 0 Å². The molecule has 0 fully saturated rings. The molecule has 25 heavy (non-hydrogen) atoms. The van der Waals surface area contributed by atoms with Gasteiger partial charge in [-0.15, -0.1) is 0 Å². The van der Waals surface area contributed by atoms with Crippen LogP contribution in [0.2, 0.25) is 5.02 Å². The van der Waals surface area contributed by atoms with Gasteiger partial charge in [0.15, 0.2) is 0 Å². The van der Waals surface area contributed by atoms with Gasteiger partial charge in [-0.2, -0.15) is 0 Å². The number of aryl methyl sites for hydroxylation is 1. The summed E-state index contributed by atoms with van der Waals surface area (Å²) in [6, 6.07) is 13.9. The molecular weight excluding hydrogens is 338 g/mol. The minimum atomic E-state index is -0.480. The molecule has 126 valence electrons. The molecule has 0 radical (unpaired) electrons. The second-order valence-electron chi connectivity index (χ2n) is 5.70. The van der Waals surface area contributed by atoms with Gasteiger partial charge in [-0.25, -0.2) is 0 Å². The van der Waals surface area contributed by atoms with Crippen LogP contribution in [-0.2, 0) is 6.54 Å². The number of amides is 2. The molecule has 3 rings (SSSR count). The van der Waals surface area contributed by atoms with Crippen LogP contribution in [0, 0.1) is 6.92 Å². The number of nitrogens with two attached hydrogens (primary N) is 1. The topological polar surface area (TPSA) is 85.1 Å². The highest BCUT2D eigenvalue weighted by atomic mass is 35.5. The van der Waals surface area contributed by atoms with Crippen LogP contribution in [0.3, 0.4) is 0 Å². The molecule has 0 unspecified atom stereocenters. The lowest BCUT2D eigenvalue weighted by Crippen LogP contribution is -2.24. The van der Waals surface area contributed by atoms with Crippen LogP contribution >= 0.6 is 11.6 Å². The normalized spacial score (nSPS) is 10.6. The second-order valence-corrected chi connectivity index (χ2v) is 6.14. The van der Waals surface area contributed by atoms with E-state index in [1.807, 2.05) is 6.07 Å². The van der Waals surface area contributed by atoms with Crippen molar-refractivity contribution < 1.29 is 9.59 Å². The van der Waals surface area contributed by atoms with E-state index in [4.69, 9.17) is 17.3 Å². The molecule has 6 heteroatoms. The number of rotatable bonds is 4. The van der Waals surface area contributed by atoms with Gasteiger partial charge < -0.3 is 11.1 Å². The second kappa shape index (κ2) is 6.91. The molecule has 0 saturated carbocycles. The van der Waals surface area contributed by atoms with Gasteiger partial charge in [0.2, 0.25) is 5.91 Å². The first kappa shape index (κ1) is 16.9. The number of aromatic nitrogens is 1. The van der Waals surface area contributed by atoms with Crippen LogP contribution in [0.15, 0.2) is 48.5 Å². The molecule has 2 aromatic carbocycles. The zero-order valence-electron chi connectivity index (χ0n) is 13.5. The molecule has 0 spiro atoms. The number of carbonyl (C=O) groups excluding carboxylic acids is 2. The fourth-order valence-corrected chi connectivity index (χ4v) is 2.72. The van der Waals surface area contributed by atoms with Crippen LogP contribution in [0.4, 0.5) is 0 Å². The Hall–Kier alpha value is -2.92. The highest BCUT2D eigenvalue weighted by Gasteiger charge is 2.12. The van der Waals surface area contributed by atoms with Gasteiger partial charge in [-0.05, 0) is 48.9 Å². The minimum Gasteiger partial charge on any atom is -0.366 e. The van der Waals surface area contributed by atoms with Crippen molar-refractivity contribution >= 4 is 34.3 Å². The van der Waals surface area contributed by atoms with Crippen molar-refractivity contribution in [1.29, 1.82) is 0 Å². The number of carbonyl (C=O) groups is 2. The standard InChI is InChI=1S/C19H16ClN3O2/c1-11-16(9-14-8-15(20)6-7-17(14)23-11)19(25)22-10-12-2-4-13(5-3-12)18(21)24/h2-9H,10H2,1H3,(H2,21,24)(H,22,25). The lowest BCUT2D eigenvalue weighted by molar-refractivity contribution is 0.0948. The number of benzene rings is 2. The quantitative estimate of drug-likeness (QED) is 0.755. The Morgan fingerprint density at radius 1 is 1.12 bits per heavy atom. The SMILES string of the molecule is Cc1nc2ccc(Cl)cc2cc1C(=O)NCc1ccc(C(N)=O)cc1. The van der Waals surface area contributed by atoms with Crippen molar-refractivity contribution in [1.82, 2.24) is 10.3 Å². The molecule has 3 aromatic rings. The van der Waals surface area contributed by atoms with E-state index in [0.29, 0.717) is 28.4 Å². The summed E-state index contributed by atoms with van der Waals surface area (Å²) in [5.74, 6) is -0.696. The largest absolute Gasteiger partial charge is 0.366 e. The fourth-order valence-electron chi connectivity index (χ4n) is 2.54. The Bertz CT molecular complexity index is 968. The highest BCUT2D eigenvalue weighted by molar-refractivity contribution is 6.31. The van der Waals surface area contributed by atoms with E-state index < -0.39 is 5.91 Å². The van der Waals surface area contributed by atoms with Gasteiger partial charge in [0.25, 0.3) is 5.91 Å². The molecule has 1 heterocycles. The van der Waals surface area contributed by atoms with E-state index >= 15 is 0 Å². The number of nitrogens with one attached hydrogen (secondary N) is 1. The number of halogens is 1.